The summed E-state index contributed by atoms with van der Waals surface area (Å²) in [6.45, 7) is 1.60. The second-order valence-electron chi connectivity index (χ2n) is 6.96. The van der Waals surface area contributed by atoms with Crippen LogP contribution in [0.15, 0.2) is 66.3 Å². The summed E-state index contributed by atoms with van der Waals surface area (Å²) < 4.78 is 0. The van der Waals surface area contributed by atoms with Gasteiger partial charge in [0.15, 0.2) is 0 Å². The van der Waals surface area contributed by atoms with Crippen LogP contribution in [0.25, 0.3) is 0 Å². The highest BCUT2D eigenvalue weighted by Gasteiger charge is 2.30. The minimum atomic E-state index is -0.183. The van der Waals surface area contributed by atoms with Crippen molar-refractivity contribution in [2.24, 2.45) is 0 Å². The van der Waals surface area contributed by atoms with Gasteiger partial charge in [0.1, 0.15) is 0 Å². The van der Waals surface area contributed by atoms with Crippen molar-refractivity contribution in [3.05, 3.63) is 82.6 Å². The highest BCUT2D eigenvalue weighted by atomic mass is 32.1. The third-order valence-corrected chi connectivity index (χ3v) is 6.18. The summed E-state index contributed by atoms with van der Waals surface area (Å²) in [6.07, 6.45) is 6.28. The van der Waals surface area contributed by atoms with Gasteiger partial charge in [-0.2, -0.15) is 0 Å². The lowest BCUT2D eigenvalue weighted by molar-refractivity contribution is -0.133. The van der Waals surface area contributed by atoms with E-state index in [9.17, 15) is 4.79 Å². The van der Waals surface area contributed by atoms with Crippen LogP contribution in [0.1, 0.15) is 40.9 Å². The number of pyridine rings is 1. The van der Waals surface area contributed by atoms with E-state index in [1.54, 1.807) is 17.5 Å². The lowest BCUT2D eigenvalue weighted by atomic mass is 9.90. The zero-order valence-corrected chi connectivity index (χ0v) is 16.0. The van der Waals surface area contributed by atoms with Crippen molar-refractivity contribution in [1.82, 2.24) is 14.9 Å². The molecule has 27 heavy (non-hydrogen) atoms. The van der Waals surface area contributed by atoms with Crippen LogP contribution in [0, 0.1) is 0 Å². The molecular formula is C22H23N3OS. The molecular weight excluding hydrogens is 354 g/mol. The number of aromatic nitrogens is 2. The van der Waals surface area contributed by atoms with Crippen LogP contribution in [0.5, 0.6) is 0 Å². The fourth-order valence-corrected chi connectivity index (χ4v) is 4.58. The van der Waals surface area contributed by atoms with Crippen LogP contribution in [0.3, 0.4) is 0 Å². The molecule has 1 unspecified atom stereocenters. The summed E-state index contributed by atoms with van der Waals surface area (Å²) in [4.78, 5) is 24.3. The number of amides is 1. The van der Waals surface area contributed by atoms with Gasteiger partial charge in [0.25, 0.3) is 0 Å². The van der Waals surface area contributed by atoms with E-state index in [0.717, 1.165) is 37.2 Å². The summed E-state index contributed by atoms with van der Waals surface area (Å²) in [6, 6.07) is 16.0. The van der Waals surface area contributed by atoms with Crippen molar-refractivity contribution in [1.29, 1.82) is 0 Å². The number of rotatable bonds is 5. The Morgan fingerprint density at radius 2 is 1.81 bits per heavy atom. The molecule has 1 aliphatic heterocycles. The molecule has 4 nitrogen and oxygen atoms in total. The Labute approximate surface area is 163 Å². The molecule has 0 aliphatic carbocycles. The molecule has 3 aromatic rings. The Morgan fingerprint density at radius 1 is 1.04 bits per heavy atom. The first-order chi connectivity index (χ1) is 13.3. The molecule has 138 valence electrons. The average molecular weight is 378 g/mol. The lowest BCUT2D eigenvalue weighted by Crippen LogP contribution is -2.41. The van der Waals surface area contributed by atoms with Crippen molar-refractivity contribution in [2.45, 2.75) is 31.1 Å². The van der Waals surface area contributed by atoms with Gasteiger partial charge in [0, 0.05) is 48.9 Å². The number of nitrogens with zero attached hydrogens (tertiary/aromatic N) is 3. The second-order valence-corrected chi connectivity index (χ2v) is 7.88. The highest BCUT2D eigenvalue weighted by molar-refractivity contribution is 7.09. The first-order valence-electron chi connectivity index (χ1n) is 9.44. The molecule has 1 saturated heterocycles. The SMILES string of the molecule is O=C(C(Cc1ccccn1)c1ccccc1)N1CCC(c2nccs2)CC1. The maximum absolute atomic E-state index is 13.4. The Kier molecular flexibility index (Phi) is 5.58. The normalized spacial score (nSPS) is 16.2. The largest absolute Gasteiger partial charge is 0.342 e. The van der Waals surface area contributed by atoms with Gasteiger partial charge in [0.05, 0.1) is 10.9 Å². The monoisotopic (exact) mass is 377 g/mol. The van der Waals surface area contributed by atoms with Gasteiger partial charge in [-0.05, 0) is 30.5 Å². The van der Waals surface area contributed by atoms with Gasteiger partial charge >= 0.3 is 0 Å². The van der Waals surface area contributed by atoms with E-state index < -0.39 is 0 Å². The maximum Gasteiger partial charge on any atom is 0.230 e. The van der Waals surface area contributed by atoms with Gasteiger partial charge in [-0.25, -0.2) is 4.98 Å². The van der Waals surface area contributed by atoms with E-state index >= 15 is 0 Å². The molecule has 4 rings (SSSR count). The summed E-state index contributed by atoms with van der Waals surface area (Å²) in [5, 5.41) is 3.24. The first kappa shape index (κ1) is 17.9. The van der Waals surface area contributed by atoms with E-state index in [-0.39, 0.29) is 11.8 Å². The van der Waals surface area contributed by atoms with Crippen molar-refractivity contribution in [3.63, 3.8) is 0 Å². The number of likely N-dealkylation sites (tertiary alicyclic amines) is 1. The molecule has 0 N–H and O–H groups in total. The number of hydrogen-bond acceptors (Lipinski definition) is 4. The number of carbonyl (C=O) groups excluding carboxylic acids is 1. The fraction of sp³-hybridized carbons (Fsp3) is 0.318. The summed E-state index contributed by atoms with van der Waals surface area (Å²) >= 11 is 1.72. The van der Waals surface area contributed by atoms with E-state index in [1.165, 1.54) is 5.01 Å². The van der Waals surface area contributed by atoms with Crippen molar-refractivity contribution in [3.8, 4) is 0 Å². The van der Waals surface area contributed by atoms with E-state index in [4.69, 9.17) is 0 Å². The second kappa shape index (κ2) is 8.44. The summed E-state index contributed by atoms with van der Waals surface area (Å²) in [5.74, 6) is 0.516. The van der Waals surface area contributed by atoms with E-state index in [2.05, 4.69) is 9.97 Å². The Morgan fingerprint density at radius 3 is 2.48 bits per heavy atom. The van der Waals surface area contributed by atoms with Gasteiger partial charge in [-0.15, -0.1) is 11.3 Å². The van der Waals surface area contributed by atoms with Crippen LogP contribution < -0.4 is 0 Å². The average Bonchev–Trinajstić information content (AvgIpc) is 3.28. The molecule has 0 radical (unpaired) electrons. The van der Waals surface area contributed by atoms with E-state index in [1.807, 2.05) is 65.0 Å². The molecule has 1 amide bonds. The number of piperidine rings is 1. The predicted octanol–water partition coefficient (Wildman–Crippen LogP) is 4.27. The molecule has 1 aromatic carbocycles. The van der Waals surface area contributed by atoms with Crippen LogP contribution >= 0.6 is 11.3 Å². The predicted molar refractivity (Wildman–Crippen MR) is 108 cm³/mol. The quantitative estimate of drug-likeness (QED) is 0.667. The molecule has 5 heteroatoms. The van der Waals surface area contributed by atoms with Crippen molar-refractivity contribution >= 4 is 17.2 Å². The fourth-order valence-electron chi connectivity index (χ4n) is 3.76. The smallest absolute Gasteiger partial charge is 0.230 e. The topological polar surface area (TPSA) is 46.1 Å². The van der Waals surface area contributed by atoms with Crippen molar-refractivity contribution < 1.29 is 4.79 Å². The zero-order chi connectivity index (χ0) is 18.5. The van der Waals surface area contributed by atoms with Gasteiger partial charge in [0.2, 0.25) is 5.91 Å². The zero-order valence-electron chi connectivity index (χ0n) is 15.2. The van der Waals surface area contributed by atoms with Gasteiger partial charge in [-0.1, -0.05) is 36.4 Å². The molecule has 3 heterocycles. The number of hydrogen-bond donors (Lipinski definition) is 0. The molecule has 1 fully saturated rings. The molecule has 2 aromatic heterocycles. The lowest BCUT2D eigenvalue weighted by Gasteiger charge is -2.33. The number of carbonyl (C=O) groups is 1. The Bertz CT molecular complexity index is 844. The number of thiazole rings is 1. The number of benzene rings is 1. The molecule has 1 atom stereocenters. The minimum absolute atomic E-state index is 0.183. The van der Waals surface area contributed by atoms with Gasteiger partial charge < -0.3 is 4.90 Å². The third kappa shape index (κ3) is 4.25. The van der Waals surface area contributed by atoms with E-state index in [0.29, 0.717) is 12.3 Å². The Balaban J connectivity index is 1.49. The summed E-state index contributed by atoms with van der Waals surface area (Å²) in [7, 11) is 0. The highest BCUT2D eigenvalue weighted by Crippen LogP contribution is 2.31. The maximum atomic E-state index is 13.4. The van der Waals surface area contributed by atoms with Crippen LogP contribution in [0.4, 0.5) is 0 Å². The standard InChI is InChI=1S/C22H23N3OS/c26-22(25-13-9-18(10-14-25)21-24-12-15-27-21)20(17-6-2-1-3-7-17)16-19-8-4-5-11-23-19/h1-8,11-12,15,18,20H,9-10,13-14,16H2. The first-order valence-corrected chi connectivity index (χ1v) is 10.3. The minimum Gasteiger partial charge on any atom is -0.342 e. The van der Waals surface area contributed by atoms with Crippen LogP contribution in [-0.2, 0) is 11.2 Å². The Hall–Kier alpha value is -2.53. The summed E-state index contributed by atoms with van der Waals surface area (Å²) in [5.41, 5.74) is 2.02. The van der Waals surface area contributed by atoms with Gasteiger partial charge in [-0.3, -0.25) is 9.78 Å². The van der Waals surface area contributed by atoms with Crippen LogP contribution in [-0.4, -0.2) is 33.9 Å². The molecule has 0 bridgehead atoms. The third-order valence-electron chi connectivity index (χ3n) is 5.25. The molecule has 1 aliphatic rings. The molecule has 0 spiro atoms. The molecule has 0 saturated carbocycles. The van der Waals surface area contributed by atoms with Crippen molar-refractivity contribution in [2.75, 3.05) is 13.1 Å². The van der Waals surface area contributed by atoms with Crippen LogP contribution in [0.2, 0.25) is 0 Å².